The molecule has 2 aromatic carbocycles. The van der Waals surface area contributed by atoms with Crippen LogP contribution in [-0.4, -0.2) is 46.8 Å². The zero-order valence-corrected chi connectivity index (χ0v) is 21.5. The van der Waals surface area contributed by atoms with Gasteiger partial charge in [-0.3, -0.25) is 0 Å². The van der Waals surface area contributed by atoms with Crippen LogP contribution >= 0.6 is 11.6 Å². The van der Waals surface area contributed by atoms with Crippen LogP contribution in [-0.2, 0) is 16.1 Å². The summed E-state index contributed by atoms with van der Waals surface area (Å²) in [5.41, 5.74) is 4.25. The Morgan fingerprint density at radius 2 is 1.97 bits per heavy atom. The Balaban J connectivity index is 1.36. The third-order valence-electron chi connectivity index (χ3n) is 6.10. The molecule has 37 heavy (non-hydrogen) atoms. The summed E-state index contributed by atoms with van der Waals surface area (Å²) in [6, 6.07) is 13.8. The number of carbonyl (C=O) groups is 1. The van der Waals surface area contributed by atoms with Gasteiger partial charge >= 0.3 is 5.97 Å². The van der Waals surface area contributed by atoms with Gasteiger partial charge in [-0.05, 0) is 67.6 Å². The standard InChI is InChI=1S/C27H28ClN5O4/c1-17-10-20(13-29)11-18(2)25(17)37-26-23(28)14-30-27(32-26)31-21-6-8-33(9-7-21)22-5-3-4-19(12-22)15-36-16-24(34)35/h3-5,10-12,14,21H,6-9,15-16H2,1-2H3,(H,34,35)(H,30,31,32). The Kier molecular flexibility index (Phi) is 8.43. The van der Waals surface area contributed by atoms with E-state index in [9.17, 15) is 10.1 Å². The zero-order chi connectivity index (χ0) is 26.4. The lowest BCUT2D eigenvalue weighted by Crippen LogP contribution is -2.39. The first-order valence-electron chi connectivity index (χ1n) is 11.9. The number of aliphatic carboxylic acids is 1. The van der Waals surface area contributed by atoms with Gasteiger partial charge in [-0.2, -0.15) is 10.2 Å². The lowest BCUT2D eigenvalue weighted by molar-refractivity contribution is -0.142. The third kappa shape index (κ3) is 6.88. The van der Waals surface area contributed by atoms with E-state index < -0.39 is 5.97 Å². The van der Waals surface area contributed by atoms with Crippen molar-refractivity contribution in [3.8, 4) is 17.7 Å². The van der Waals surface area contributed by atoms with E-state index in [4.69, 9.17) is 26.2 Å². The average Bonchev–Trinajstić information content (AvgIpc) is 2.88. The van der Waals surface area contributed by atoms with Gasteiger partial charge in [-0.25, -0.2) is 9.78 Å². The summed E-state index contributed by atoms with van der Waals surface area (Å²) in [5, 5.41) is 21.6. The molecule has 10 heteroatoms. The van der Waals surface area contributed by atoms with E-state index in [-0.39, 0.29) is 25.1 Å². The summed E-state index contributed by atoms with van der Waals surface area (Å²) < 4.78 is 11.3. The molecule has 1 saturated heterocycles. The summed E-state index contributed by atoms with van der Waals surface area (Å²) in [7, 11) is 0. The predicted molar refractivity (Wildman–Crippen MR) is 140 cm³/mol. The van der Waals surface area contributed by atoms with Gasteiger partial charge in [0.05, 0.1) is 24.4 Å². The fourth-order valence-electron chi connectivity index (χ4n) is 4.33. The quantitative estimate of drug-likeness (QED) is 0.396. The highest BCUT2D eigenvalue weighted by Crippen LogP contribution is 2.33. The number of piperidine rings is 1. The molecule has 2 N–H and O–H groups in total. The first-order valence-corrected chi connectivity index (χ1v) is 12.3. The van der Waals surface area contributed by atoms with Gasteiger partial charge in [-0.1, -0.05) is 23.7 Å². The Bertz CT molecular complexity index is 1300. The molecule has 2 heterocycles. The monoisotopic (exact) mass is 521 g/mol. The highest BCUT2D eigenvalue weighted by molar-refractivity contribution is 6.31. The van der Waals surface area contributed by atoms with Gasteiger partial charge in [0.2, 0.25) is 11.8 Å². The minimum absolute atomic E-state index is 0.186. The average molecular weight is 522 g/mol. The van der Waals surface area contributed by atoms with E-state index in [0.717, 1.165) is 48.3 Å². The molecule has 192 valence electrons. The first-order chi connectivity index (χ1) is 17.8. The molecule has 1 aromatic heterocycles. The van der Waals surface area contributed by atoms with Crippen molar-refractivity contribution < 1.29 is 19.4 Å². The number of halogens is 1. The van der Waals surface area contributed by atoms with Crippen LogP contribution in [0.1, 0.15) is 35.1 Å². The van der Waals surface area contributed by atoms with Crippen LogP contribution in [0.5, 0.6) is 11.6 Å². The fourth-order valence-corrected chi connectivity index (χ4v) is 4.46. The number of carboxylic acid groups (broad SMARTS) is 1. The van der Waals surface area contributed by atoms with Crippen LogP contribution in [0.2, 0.25) is 5.02 Å². The number of benzene rings is 2. The number of nitrogens with one attached hydrogen (secondary N) is 1. The van der Waals surface area contributed by atoms with Crippen LogP contribution < -0.4 is 15.0 Å². The molecule has 0 unspecified atom stereocenters. The highest BCUT2D eigenvalue weighted by Gasteiger charge is 2.21. The van der Waals surface area contributed by atoms with Crippen molar-refractivity contribution in [2.75, 3.05) is 29.9 Å². The molecule has 3 aromatic rings. The summed E-state index contributed by atoms with van der Waals surface area (Å²) in [4.78, 5) is 21.8. The van der Waals surface area contributed by atoms with Gasteiger partial charge in [0.1, 0.15) is 17.4 Å². The molecular weight excluding hydrogens is 494 g/mol. The molecule has 0 radical (unpaired) electrons. The fraction of sp³-hybridized carbons (Fsp3) is 0.333. The molecule has 1 fully saturated rings. The maximum absolute atomic E-state index is 10.7. The molecule has 4 rings (SSSR count). The van der Waals surface area contributed by atoms with Gasteiger partial charge in [0.15, 0.2) is 0 Å². The number of ether oxygens (including phenoxy) is 2. The molecule has 0 atom stereocenters. The van der Waals surface area contributed by atoms with Crippen LogP contribution in [0.3, 0.4) is 0 Å². The van der Waals surface area contributed by atoms with Crippen molar-refractivity contribution in [1.82, 2.24) is 9.97 Å². The number of aromatic nitrogens is 2. The third-order valence-corrected chi connectivity index (χ3v) is 6.36. The van der Waals surface area contributed by atoms with Crippen LogP contribution in [0.15, 0.2) is 42.6 Å². The van der Waals surface area contributed by atoms with Gasteiger partial charge < -0.3 is 24.8 Å². The lowest BCUT2D eigenvalue weighted by Gasteiger charge is -2.34. The van der Waals surface area contributed by atoms with E-state index in [1.165, 1.54) is 6.20 Å². The lowest BCUT2D eigenvalue weighted by atomic mass is 10.0. The summed E-state index contributed by atoms with van der Waals surface area (Å²) in [5.74, 6) is 0.344. The number of hydrogen-bond donors (Lipinski definition) is 2. The van der Waals surface area contributed by atoms with E-state index >= 15 is 0 Å². The van der Waals surface area contributed by atoms with E-state index in [1.807, 2.05) is 38.1 Å². The summed E-state index contributed by atoms with van der Waals surface area (Å²) >= 11 is 6.32. The molecule has 0 saturated carbocycles. The SMILES string of the molecule is Cc1cc(C#N)cc(C)c1Oc1nc(NC2CCN(c3cccc(COCC(=O)O)c3)CC2)ncc1Cl. The number of anilines is 2. The number of nitrogens with zero attached hydrogens (tertiary/aromatic N) is 4. The minimum Gasteiger partial charge on any atom is -0.480 e. The Hall–Kier alpha value is -3.87. The van der Waals surface area contributed by atoms with Crippen molar-refractivity contribution >= 4 is 29.2 Å². The smallest absolute Gasteiger partial charge is 0.329 e. The molecule has 0 bridgehead atoms. The predicted octanol–water partition coefficient (Wildman–Crippen LogP) is 5.09. The molecule has 1 aliphatic rings. The second kappa shape index (κ2) is 11.9. The van der Waals surface area contributed by atoms with Gasteiger partial charge in [0, 0.05) is 24.8 Å². The summed E-state index contributed by atoms with van der Waals surface area (Å²) in [6.45, 7) is 5.40. The number of hydrogen-bond acceptors (Lipinski definition) is 8. The number of rotatable bonds is 9. The molecular formula is C27H28ClN5O4. The molecule has 0 amide bonds. The van der Waals surface area contributed by atoms with Crippen molar-refractivity contribution in [2.24, 2.45) is 0 Å². The van der Waals surface area contributed by atoms with Crippen molar-refractivity contribution in [1.29, 1.82) is 5.26 Å². The molecule has 0 spiro atoms. The second-order valence-corrected chi connectivity index (χ2v) is 9.37. The highest BCUT2D eigenvalue weighted by atomic mass is 35.5. The summed E-state index contributed by atoms with van der Waals surface area (Å²) in [6.07, 6.45) is 3.29. The normalized spacial score (nSPS) is 13.7. The maximum atomic E-state index is 10.7. The van der Waals surface area contributed by atoms with Crippen molar-refractivity contribution in [2.45, 2.75) is 39.3 Å². The zero-order valence-electron chi connectivity index (χ0n) is 20.7. The number of carboxylic acids is 1. The van der Waals surface area contributed by atoms with E-state index in [2.05, 4.69) is 26.3 Å². The van der Waals surface area contributed by atoms with Gasteiger partial charge in [-0.15, -0.1) is 0 Å². The van der Waals surface area contributed by atoms with Crippen molar-refractivity contribution in [3.05, 3.63) is 69.9 Å². The van der Waals surface area contributed by atoms with Crippen LogP contribution in [0.4, 0.5) is 11.6 Å². The van der Waals surface area contributed by atoms with E-state index in [1.54, 1.807) is 12.1 Å². The second-order valence-electron chi connectivity index (χ2n) is 8.96. The molecule has 1 aliphatic heterocycles. The Labute approximate surface area is 220 Å². The number of aryl methyl sites for hydroxylation is 2. The molecule has 0 aliphatic carbocycles. The van der Waals surface area contributed by atoms with E-state index in [0.29, 0.717) is 22.3 Å². The largest absolute Gasteiger partial charge is 0.480 e. The molecule has 9 nitrogen and oxygen atoms in total. The Morgan fingerprint density at radius 3 is 2.65 bits per heavy atom. The van der Waals surface area contributed by atoms with Crippen LogP contribution in [0, 0.1) is 25.2 Å². The Morgan fingerprint density at radius 1 is 1.24 bits per heavy atom. The minimum atomic E-state index is -0.978. The van der Waals surface area contributed by atoms with Crippen LogP contribution in [0.25, 0.3) is 0 Å². The first kappa shape index (κ1) is 26.2. The number of nitriles is 1. The van der Waals surface area contributed by atoms with Gasteiger partial charge in [0.25, 0.3) is 0 Å². The topological polar surface area (TPSA) is 121 Å². The maximum Gasteiger partial charge on any atom is 0.329 e. The van der Waals surface area contributed by atoms with Crippen molar-refractivity contribution in [3.63, 3.8) is 0 Å².